The van der Waals surface area contributed by atoms with E-state index in [1.54, 1.807) is 0 Å². The summed E-state index contributed by atoms with van der Waals surface area (Å²) in [5.41, 5.74) is 0.164. The highest BCUT2D eigenvalue weighted by Gasteiger charge is 2.34. The van der Waals surface area contributed by atoms with Crippen LogP contribution in [0.4, 0.5) is 13.2 Å². The first kappa shape index (κ1) is 10.7. The molecule has 2 rings (SSSR count). The van der Waals surface area contributed by atoms with Crippen molar-refractivity contribution in [2.24, 2.45) is 0 Å². The van der Waals surface area contributed by atoms with Crippen LogP contribution in [0.2, 0.25) is 0 Å². The second-order valence-electron chi connectivity index (χ2n) is 3.41. The quantitative estimate of drug-likeness (QED) is 0.666. The first-order valence-electron chi connectivity index (χ1n) is 4.28. The van der Waals surface area contributed by atoms with E-state index in [0.29, 0.717) is 17.5 Å². The molecule has 80 valence electrons. The molecule has 0 aliphatic heterocycles. The Bertz CT molecular complexity index is 425. The number of Topliss-reactive ketones (excluding diaryl/α,β-unsaturated/α-hetero) is 1. The van der Waals surface area contributed by atoms with Crippen LogP contribution in [0.15, 0.2) is 18.2 Å². The van der Waals surface area contributed by atoms with Gasteiger partial charge in [-0.2, -0.15) is 13.2 Å². The summed E-state index contributed by atoms with van der Waals surface area (Å²) >= 11 is 3.13. The molecule has 0 saturated carbocycles. The molecule has 1 aliphatic carbocycles. The van der Waals surface area contributed by atoms with Crippen LogP contribution in [-0.2, 0) is 12.6 Å². The lowest BCUT2D eigenvalue weighted by atomic mass is 10.1. The molecule has 0 heterocycles. The van der Waals surface area contributed by atoms with Gasteiger partial charge in [-0.1, -0.05) is 22.0 Å². The minimum atomic E-state index is -4.34. The van der Waals surface area contributed by atoms with Crippen LogP contribution in [0.25, 0.3) is 0 Å². The third-order valence-corrected chi connectivity index (χ3v) is 3.12. The van der Waals surface area contributed by atoms with Gasteiger partial charge in [-0.25, -0.2) is 0 Å². The summed E-state index contributed by atoms with van der Waals surface area (Å²) in [7, 11) is 0. The molecular weight excluding hydrogens is 273 g/mol. The van der Waals surface area contributed by atoms with Crippen molar-refractivity contribution >= 4 is 21.7 Å². The molecule has 0 bridgehead atoms. The highest BCUT2D eigenvalue weighted by molar-refractivity contribution is 9.10. The van der Waals surface area contributed by atoms with Gasteiger partial charge >= 0.3 is 6.18 Å². The van der Waals surface area contributed by atoms with Gasteiger partial charge in [0.1, 0.15) is 0 Å². The van der Waals surface area contributed by atoms with E-state index in [0.717, 1.165) is 12.1 Å². The van der Waals surface area contributed by atoms with E-state index in [4.69, 9.17) is 0 Å². The molecule has 15 heavy (non-hydrogen) atoms. The number of carbonyl (C=O) groups is 1. The van der Waals surface area contributed by atoms with Crippen LogP contribution in [-0.4, -0.2) is 10.6 Å². The summed E-state index contributed by atoms with van der Waals surface area (Å²) < 4.78 is 37.1. The first-order valence-corrected chi connectivity index (χ1v) is 5.19. The monoisotopic (exact) mass is 278 g/mol. The maximum Gasteiger partial charge on any atom is 0.416 e. The van der Waals surface area contributed by atoms with Crippen LogP contribution < -0.4 is 0 Å². The Morgan fingerprint density at radius 1 is 1.33 bits per heavy atom. The zero-order valence-electron chi connectivity index (χ0n) is 7.44. The van der Waals surface area contributed by atoms with E-state index in [1.165, 1.54) is 6.07 Å². The number of hydrogen-bond acceptors (Lipinski definition) is 1. The molecule has 1 aromatic carbocycles. The maximum absolute atomic E-state index is 12.4. The van der Waals surface area contributed by atoms with E-state index < -0.39 is 11.7 Å². The third kappa shape index (κ3) is 1.80. The van der Waals surface area contributed by atoms with E-state index in [2.05, 4.69) is 15.9 Å². The highest BCUT2D eigenvalue weighted by atomic mass is 79.9. The molecule has 0 N–H and O–H groups in total. The second kappa shape index (κ2) is 3.33. The standard InChI is InChI=1S/C10H6BrF3O/c11-8-4-5-3-6(10(12,13)14)1-2-7(5)9(8)15/h1-3,8H,4H2. The molecule has 0 aromatic heterocycles. The third-order valence-electron chi connectivity index (χ3n) is 2.38. The lowest BCUT2D eigenvalue weighted by molar-refractivity contribution is -0.137. The maximum atomic E-state index is 12.4. The molecule has 1 atom stereocenters. The number of carbonyl (C=O) groups excluding carboxylic acids is 1. The summed E-state index contributed by atoms with van der Waals surface area (Å²) in [6.07, 6.45) is -4.01. The largest absolute Gasteiger partial charge is 0.416 e. The van der Waals surface area contributed by atoms with E-state index in [1.807, 2.05) is 0 Å². The number of alkyl halides is 4. The van der Waals surface area contributed by atoms with Gasteiger partial charge in [-0.15, -0.1) is 0 Å². The fourth-order valence-corrected chi connectivity index (χ4v) is 2.23. The van der Waals surface area contributed by atoms with Crippen molar-refractivity contribution in [3.8, 4) is 0 Å². The van der Waals surface area contributed by atoms with Gasteiger partial charge in [-0.3, -0.25) is 4.79 Å². The van der Waals surface area contributed by atoms with E-state index >= 15 is 0 Å². The molecule has 0 amide bonds. The zero-order chi connectivity index (χ0) is 11.2. The Labute approximate surface area is 92.4 Å². The van der Waals surface area contributed by atoms with E-state index in [9.17, 15) is 18.0 Å². The predicted molar refractivity (Wildman–Crippen MR) is 52.2 cm³/mol. The molecule has 0 spiro atoms. The van der Waals surface area contributed by atoms with Gasteiger partial charge in [0.05, 0.1) is 10.4 Å². The second-order valence-corrected chi connectivity index (χ2v) is 4.51. The van der Waals surface area contributed by atoms with E-state index in [-0.39, 0.29) is 10.6 Å². The first-order chi connectivity index (χ1) is 6.89. The molecule has 1 nitrogen and oxygen atoms in total. The molecule has 0 saturated heterocycles. The minimum absolute atomic E-state index is 0.140. The predicted octanol–water partition coefficient (Wildman–Crippen LogP) is 3.21. The number of fused-ring (bicyclic) bond motifs is 1. The molecule has 1 aromatic rings. The molecular formula is C10H6BrF3O. The number of benzene rings is 1. The smallest absolute Gasteiger partial charge is 0.293 e. The Kier molecular flexibility index (Phi) is 2.37. The van der Waals surface area contributed by atoms with Gasteiger partial charge in [0, 0.05) is 5.56 Å². The average molecular weight is 279 g/mol. The fourth-order valence-electron chi connectivity index (χ4n) is 1.63. The van der Waals surface area contributed by atoms with Crippen LogP contribution in [0, 0.1) is 0 Å². The molecule has 5 heteroatoms. The van der Waals surface area contributed by atoms with Crippen molar-refractivity contribution in [2.75, 3.05) is 0 Å². The zero-order valence-corrected chi connectivity index (χ0v) is 9.02. The van der Waals surface area contributed by atoms with Crippen molar-refractivity contribution in [1.29, 1.82) is 0 Å². The van der Waals surface area contributed by atoms with Crippen LogP contribution in [0.5, 0.6) is 0 Å². The lowest BCUT2D eigenvalue weighted by Gasteiger charge is -2.07. The van der Waals surface area contributed by atoms with Crippen LogP contribution in [0.1, 0.15) is 21.5 Å². The summed E-state index contributed by atoms with van der Waals surface area (Å²) in [6.45, 7) is 0. The van der Waals surface area contributed by atoms with Gasteiger partial charge in [0.25, 0.3) is 0 Å². The summed E-state index contributed by atoms with van der Waals surface area (Å²) in [6, 6.07) is 3.25. The fraction of sp³-hybridized carbons (Fsp3) is 0.300. The summed E-state index contributed by atoms with van der Waals surface area (Å²) in [5, 5.41) is 0. The molecule has 1 unspecified atom stereocenters. The van der Waals surface area contributed by atoms with Crippen molar-refractivity contribution in [3.63, 3.8) is 0 Å². The number of rotatable bonds is 0. The number of halogens is 4. The normalized spacial score (nSPS) is 20.5. The number of ketones is 1. The topological polar surface area (TPSA) is 17.1 Å². The van der Waals surface area contributed by atoms with Gasteiger partial charge < -0.3 is 0 Å². The lowest BCUT2D eigenvalue weighted by Crippen LogP contribution is -2.06. The van der Waals surface area contributed by atoms with Gasteiger partial charge in [0.2, 0.25) is 0 Å². The molecule has 0 fully saturated rings. The van der Waals surface area contributed by atoms with Crippen molar-refractivity contribution in [1.82, 2.24) is 0 Å². The SMILES string of the molecule is O=C1c2ccc(C(F)(F)F)cc2CC1Br. The van der Waals surface area contributed by atoms with Gasteiger partial charge in [0.15, 0.2) is 5.78 Å². The Morgan fingerprint density at radius 2 is 2.00 bits per heavy atom. The van der Waals surface area contributed by atoms with Gasteiger partial charge in [-0.05, 0) is 24.1 Å². The Hall–Kier alpha value is -0.840. The Morgan fingerprint density at radius 3 is 2.60 bits per heavy atom. The number of hydrogen-bond donors (Lipinski definition) is 0. The van der Waals surface area contributed by atoms with Crippen molar-refractivity contribution in [2.45, 2.75) is 17.4 Å². The van der Waals surface area contributed by atoms with Crippen LogP contribution >= 0.6 is 15.9 Å². The Balaban J connectivity index is 2.47. The van der Waals surface area contributed by atoms with Crippen molar-refractivity contribution < 1.29 is 18.0 Å². The summed E-state index contributed by atoms with van der Waals surface area (Å²) in [5.74, 6) is -0.140. The van der Waals surface area contributed by atoms with Crippen LogP contribution in [0.3, 0.4) is 0 Å². The average Bonchev–Trinajstić information content (AvgIpc) is 2.41. The summed E-state index contributed by atoms with van der Waals surface area (Å²) in [4.78, 5) is 11.1. The minimum Gasteiger partial charge on any atom is -0.293 e. The molecule has 1 aliphatic rings. The van der Waals surface area contributed by atoms with Crippen molar-refractivity contribution in [3.05, 3.63) is 34.9 Å². The highest BCUT2D eigenvalue weighted by Crippen LogP contribution is 2.34. The molecule has 0 radical (unpaired) electrons.